The molecule has 0 heterocycles. The van der Waals surface area contributed by atoms with Gasteiger partial charge >= 0.3 is 11.9 Å². The first-order valence-electron chi connectivity index (χ1n) is 7.01. The molecule has 0 amide bonds. The van der Waals surface area contributed by atoms with Crippen molar-refractivity contribution in [2.24, 2.45) is 5.41 Å². The summed E-state index contributed by atoms with van der Waals surface area (Å²) in [6.07, 6.45) is 1.54. The van der Waals surface area contributed by atoms with Gasteiger partial charge in [-0.15, -0.1) is 0 Å². The van der Waals surface area contributed by atoms with Crippen LogP contribution < -0.4 is 0 Å². The standard InChI is InChI=1S/C14H26O5/c1-5-10-17-11-9-14(6-2,12(15)18-7-3)13(16)19-8-4/h5-11H2,1-4H3. The zero-order chi connectivity index (χ0) is 14.7. The van der Waals surface area contributed by atoms with Gasteiger partial charge in [-0.2, -0.15) is 0 Å². The third-order valence-corrected chi connectivity index (χ3v) is 2.96. The molecule has 19 heavy (non-hydrogen) atoms. The Balaban J connectivity index is 4.84. The molecule has 0 bridgehead atoms. The van der Waals surface area contributed by atoms with Crippen molar-refractivity contribution in [3.63, 3.8) is 0 Å². The Morgan fingerprint density at radius 1 is 0.895 bits per heavy atom. The summed E-state index contributed by atoms with van der Waals surface area (Å²) in [5.74, 6) is -1.04. The van der Waals surface area contributed by atoms with Crippen LogP contribution in [0.2, 0.25) is 0 Å². The molecule has 112 valence electrons. The van der Waals surface area contributed by atoms with Crippen LogP contribution in [0, 0.1) is 5.41 Å². The van der Waals surface area contributed by atoms with Gasteiger partial charge < -0.3 is 14.2 Å². The Kier molecular flexibility index (Phi) is 9.21. The molecular weight excluding hydrogens is 248 g/mol. The smallest absolute Gasteiger partial charge is 0.323 e. The van der Waals surface area contributed by atoms with E-state index in [1.54, 1.807) is 20.8 Å². The second-order valence-electron chi connectivity index (χ2n) is 4.24. The Bertz CT molecular complexity index is 257. The zero-order valence-corrected chi connectivity index (χ0v) is 12.5. The molecule has 0 fully saturated rings. The van der Waals surface area contributed by atoms with E-state index in [4.69, 9.17) is 14.2 Å². The van der Waals surface area contributed by atoms with Crippen LogP contribution >= 0.6 is 0 Å². The first-order valence-corrected chi connectivity index (χ1v) is 7.01. The molecule has 0 saturated carbocycles. The first kappa shape index (κ1) is 17.9. The molecule has 0 atom stereocenters. The molecule has 0 unspecified atom stereocenters. The SMILES string of the molecule is CCCOCCC(CC)(C(=O)OCC)C(=O)OCC. The molecule has 5 heteroatoms. The first-order chi connectivity index (χ1) is 9.08. The van der Waals surface area contributed by atoms with E-state index in [1.165, 1.54) is 0 Å². The summed E-state index contributed by atoms with van der Waals surface area (Å²) in [5.41, 5.74) is -1.24. The lowest BCUT2D eigenvalue weighted by Gasteiger charge is -2.27. The maximum Gasteiger partial charge on any atom is 0.323 e. The van der Waals surface area contributed by atoms with Crippen LogP contribution in [-0.2, 0) is 23.8 Å². The summed E-state index contributed by atoms with van der Waals surface area (Å²) in [6, 6.07) is 0. The van der Waals surface area contributed by atoms with E-state index in [1.807, 2.05) is 6.92 Å². The maximum atomic E-state index is 12.1. The fourth-order valence-electron chi connectivity index (χ4n) is 1.78. The maximum absolute atomic E-state index is 12.1. The molecule has 0 aromatic rings. The predicted octanol–water partition coefficient (Wildman–Crippen LogP) is 2.33. The van der Waals surface area contributed by atoms with Crippen molar-refractivity contribution in [2.75, 3.05) is 26.4 Å². The van der Waals surface area contributed by atoms with Gasteiger partial charge in [-0.3, -0.25) is 9.59 Å². The van der Waals surface area contributed by atoms with Crippen LogP contribution in [0.3, 0.4) is 0 Å². The van der Waals surface area contributed by atoms with Gasteiger partial charge in [-0.1, -0.05) is 13.8 Å². The molecule has 0 aromatic carbocycles. The van der Waals surface area contributed by atoms with Crippen LogP contribution in [0.5, 0.6) is 0 Å². The molecule has 0 spiro atoms. The summed E-state index contributed by atoms with van der Waals surface area (Å²) >= 11 is 0. The second kappa shape index (κ2) is 9.78. The lowest BCUT2D eigenvalue weighted by molar-refractivity contribution is -0.174. The van der Waals surface area contributed by atoms with E-state index in [9.17, 15) is 9.59 Å². The molecule has 0 aliphatic rings. The Hall–Kier alpha value is -1.10. The number of rotatable bonds is 10. The van der Waals surface area contributed by atoms with E-state index in [0.717, 1.165) is 6.42 Å². The Morgan fingerprint density at radius 3 is 1.79 bits per heavy atom. The molecule has 0 aliphatic carbocycles. The molecule has 0 N–H and O–H groups in total. The van der Waals surface area contributed by atoms with Gasteiger partial charge in [-0.25, -0.2) is 0 Å². The summed E-state index contributed by atoms with van der Waals surface area (Å²) in [6.45, 7) is 8.68. The number of carbonyl (C=O) groups excluding carboxylic acids is 2. The van der Waals surface area contributed by atoms with Gasteiger partial charge in [0.2, 0.25) is 0 Å². The zero-order valence-electron chi connectivity index (χ0n) is 12.5. The molecule has 0 rings (SSSR count). The quantitative estimate of drug-likeness (QED) is 0.347. The Labute approximate surface area is 115 Å². The van der Waals surface area contributed by atoms with E-state index < -0.39 is 17.4 Å². The minimum atomic E-state index is -1.24. The van der Waals surface area contributed by atoms with E-state index in [0.29, 0.717) is 26.1 Å². The normalized spacial score (nSPS) is 11.2. The van der Waals surface area contributed by atoms with Crippen LogP contribution in [0.25, 0.3) is 0 Å². The largest absolute Gasteiger partial charge is 0.465 e. The number of hydrogen-bond donors (Lipinski definition) is 0. The summed E-state index contributed by atoms with van der Waals surface area (Å²) < 4.78 is 15.4. The van der Waals surface area contributed by atoms with E-state index in [2.05, 4.69) is 0 Å². The number of hydrogen-bond acceptors (Lipinski definition) is 5. The fourth-order valence-corrected chi connectivity index (χ4v) is 1.78. The van der Waals surface area contributed by atoms with Crippen molar-refractivity contribution in [3.8, 4) is 0 Å². The lowest BCUT2D eigenvalue weighted by atomic mass is 9.82. The summed E-state index contributed by atoms with van der Waals surface area (Å²) in [5, 5.41) is 0. The molecule has 0 saturated heterocycles. The van der Waals surface area contributed by atoms with Gasteiger partial charge in [0.15, 0.2) is 5.41 Å². The fraction of sp³-hybridized carbons (Fsp3) is 0.857. The number of ether oxygens (including phenoxy) is 3. The van der Waals surface area contributed by atoms with E-state index >= 15 is 0 Å². The minimum Gasteiger partial charge on any atom is -0.465 e. The van der Waals surface area contributed by atoms with Crippen molar-refractivity contribution >= 4 is 11.9 Å². The van der Waals surface area contributed by atoms with E-state index in [-0.39, 0.29) is 13.2 Å². The highest BCUT2D eigenvalue weighted by Crippen LogP contribution is 2.30. The summed E-state index contributed by atoms with van der Waals surface area (Å²) in [4.78, 5) is 24.2. The van der Waals surface area contributed by atoms with Crippen LogP contribution in [0.4, 0.5) is 0 Å². The third-order valence-electron chi connectivity index (χ3n) is 2.96. The number of carbonyl (C=O) groups is 2. The Morgan fingerprint density at radius 2 is 1.42 bits per heavy atom. The highest BCUT2D eigenvalue weighted by molar-refractivity contribution is 6.00. The van der Waals surface area contributed by atoms with Crippen molar-refractivity contribution < 1.29 is 23.8 Å². The van der Waals surface area contributed by atoms with Gasteiger partial charge in [0.1, 0.15) is 0 Å². The molecule has 0 aliphatic heterocycles. The van der Waals surface area contributed by atoms with Gasteiger partial charge in [0, 0.05) is 13.2 Å². The van der Waals surface area contributed by atoms with Crippen LogP contribution in [0.1, 0.15) is 47.0 Å². The van der Waals surface area contributed by atoms with Crippen LogP contribution in [0.15, 0.2) is 0 Å². The van der Waals surface area contributed by atoms with Gasteiger partial charge in [0.25, 0.3) is 0 Å². The highest BCUT2D eigenvalue weighted by atomic mass is 16.6. The van der Waals surface area contributed by atoms with Gasteiger partial charge in [-0.05, 0) is 33.1 Å². The topological polar surface area (TPSA) is 61.8 Å². The molecular formula is C14H26O5. The average Bonchev–Trinajstić information content (AvgIpc) is 2.40. The van der Waals surface area contributed by atoms with Crippen molar-refractivity contribution in [2.45, 2.75) is 47.0 Å². The summed E-state index contributed by atoms with van der Waals surface area (Å²) in [7, 11) is 0. The van der Waals surface area contributed by atoms with Gasteiger partial charge in [0.05, 0.1) is 13.2 Å². The lowest BCUT2D eigenvalue weighted by Crippen LogP contribution is -2.42. The molecule has 5 nitrogen and oxygen atoms in total. The monoisotopic (exact) mass is 274 g/mol. The minimum absolute atomic E-state index is 0.246. The molecule has 0 aromatic heterocycles. The number of esters is 2. The third kappa shape index (κ3) is 5.19. The van der Waals surface area contributed by atoms with Crippen LogP contribution in [-0.4, -0.2) is 38.4 Å². The second-order valence-corrected chi connectivity index (χ2v) is 4.24. The average molecular weight is 274 g/mol. The van der Waals surface area contributed by atoms with Crippen molar-refractivity contribution in [3.05, 3.63) is 0 Å². The van der Waals surface area contributed by atoms with Crippen molar-refractivity contribution in [1.82, 2.24) is 0 Å². The predicted molar refractivity (Wildman–Crippen MR) is 71.7 cm³/mol. The highest BCUT2D eigenvalue weighted by Gasteiger charge is 2.46. The van der Waals surface area contributed by atoms with Crippen molar-refractivity contribution in [1.29, 1.82) is 0 Å². The molecule has 0 radical (unpaired) electrons.